The van der Waals surface area contributed by atoms with E-state index in [0.717, 1.165) is 5.56 Å². The van der Waals surface area contributed by atoms with Crippen molar-refractivity contribution >= 4 is 11.8 Å². The summed E-state index contributed by atoms with van der Waals surface area (Å²) in [6, 6.07) is 3.30. The number of hydrogen-bond acceptors (Lipinski definition) is 4. The zero-order valence-electron chi connectivity index (χ0n) is 9.86. The number of carbonyl (C=O) groups is 2. The molecule has 1 N–H and O–H groups in total. The Morgan fingerprint density at radius 1 is 1.22 bits per heavy atom. The monoisotopic (exact) mass is 248 g/mol. The summed E-state index contributed by atoms with van der Waals surface area (Å²) in [5, 5.41) is 9.14. The summed E-state index contributed by atoms with van der Waals surface area (Å²) in [6.07, 6.45) is 0.824. The maximum absolute atomic E-state index is 12.3. The standard InChI is InChI=1S/C13H12O5/c1-7-4-9-10(18-6-17-9)5-8(7)11(14)13(2-3-13)12(15)16/h4-5H,2-3,6H2,1H3,(H,15,16). The number of ether oxygens (including phenoxy) is 2. The Kier molecular flexibility index (Phi) is 2.14. The number of carboxylic acid groups (broad SMARTS) is 1. The van der Waals surface area contributed by atoms with Gasteiger partial charge in [-0.05, 0) is 37.5 Å². The van der Waals surface area contributed by atoms with E-state index in [-0.39, 0.29) is 12.6 Å². The first-order chi connectivity index (χ1) is 8.54. The SMILES string of the molecule is Cc1cc2c(cc1C(=O)C1(C(=O)O)CC1)OCO2. The number of aliphatic carboxylic acids is 1. The lowest BCUT2D eigenvalue weighted by Gasteiger charge is -2.11. The Bertz CT molecular complexity index is 557. The second-order valence-corrected chi connectivity index (χ2v) is 4.74. The molecule has 0 saturated heterocycles. The van der Waals surface area contributed by atoms with Crippen molar-refractivity contribution in [3.8, 4) is 11.5 Å². The molecular formula is C13H12O5. The third-order valence-corrected chi connectivity index (χ3v) is 3.56. The molecule has 1 fully saturated rings. The molecule has 2 aliphatic rings. The van der Waals surface area contributed by atoms with Crippen LogP contribution in [0.1, 0.15) is 28.8 Å². The van der Waals surface area contributed by atoms with Gasteiger partial charge in [0.2, 0.25) is 6.79 Å². The highest BCUT2D eigenvalue weighted by Gasteiger charge is 2.57. The van der Waals surface area contributed by atoms with Crippen LogP contribution < -0.4 is 9.47 Å². The number of fused-ring (bicyclic) bond motifs is 1. The highest BCUT2D eigenvalue weighted by molar-refractivity contribution is 6.15. The van der Waals surface area contributed by atoms with E-state index < -0.39 is 11.4 Å². The van der Waals surface area contributed by atoms with Gasteiger partial charge >= 0.3 is 5.97 Å². The Morgan fingerprint density at radius 2 is 1.83 bits per heavy atom. The molecule has 3 rings (SSSR count). The molecule has 18 heavy (non-hydrogen) atoms. The zero-order valence-corrected chi connectivity index (χ0v) is 9.86. The number of carbonyl (C=O) groups excluding carboxylic acids is 1. The van der Waals surface area contributed by atoms with E-state index in [4.69, 9.17) is 14.6 Å². The van der Waals surface area contributed by atoms with Gasteiger partial charge in [-0.1, -0.05) is 0 Å². The third kappa shape index (κ3) is 1.40. The fraction of sp³-hybridized carbons (Fsp3) is 0.385. The molecule has 5 heteroatoms. The Morgan fingerprint density at radius 3 is 2.39 bits per heavy atom. The van der Waals surface area contributed by atoms with Crippen LogP contribution in [-0.2, 0) is 4.79 Å². The molecule has 1 aromatic rings. The van der Waals surface area contributed by atoms with Gasteiger partial charge in [0, 0.05) is 5.56 Å². The zero-order chi connectivity index (χ0) is 12.9. The molecule has 0 radical (unpaired) electrons. The van der Waals surface area contributed by atoms with Gasteiger partial charge in [-0.15, -0.1) is 0 Å². The normalized spacial score (nSPS) is 18.5. The summed E-state index contributed by atoms with van der Waals surface area (Å²) in [5.74, 6) is -0.260. The summed E-state index contributed by atoms with van der Waals surface area (Å²) < 4.78 is 10.4. The number of rotatable bonds is 3. The molecule has 1 saturated carbocycles. The minimum absolute atomic E-state index is 0.135. The van der Waals surface area contributed by atoms with E-state index in [0.29, 0.717) is 29.9 Å². The molecule has 0 amide bonds. The van der Waals surface area contributed by atoms with Gasteiger partial charge in [0.25, 0.3) is 0 Å². The number of benzene rings is 1. The van der Waals surface area contributed by atoms with Crippen LogP contribution in [-0.4, -0.2) is 23.7 Å². The smallest absolute Gasteiger partial charge is 0.317 e. The van der Waals surface area contributed by atoms with Gasteiger partial charge in [0.05, 0.1) is 0 Å². The maximum Gasteiger partial charge on any atom is 0.317 e. The molecule has 1 aliphatic heterocycles. The van der Waals surface area contributed by atoms with Crippen LogP contribution in [0, 0.1) is 12.3 Å². The van der Waals surface area contributed by atoms with Gasteiger partial charge in [0.15, 0.2) is 17.3 Å². The predicted octanol–water partition coefficient (Wildman–Crippen LogP) is 1.77. The van der Waals surface area contributed by atoms with Crippen molar-refractivity contribution in [1.29, 1.82) is 0 Å². The van der Waals surface area contributed by atoms with Crippen LogP contribution in [0.2, 0.25) is 0 Å². The van der Waals surface area contributed by atoms with E-state index in [1.165, 1.54) is 0 Å². The van der Waals surface area contributed by atoms with Crippen LogP contribution in [0.25, 0.3) is 0 Å². The summed E-state index contributed by atoms with van der Waals surface area (Å²) in [7, 11) is 0. The Hall–Kier alpha value is -2.04. The number of ketones is 1. The summed E-state index contributed by atoms with van der Waals surface area (Å²) in [5.41, 5.74) is -0.0747. The minimum atomic E-state index is -1.21. The molecule has 5 nitrogen and oxygen atoms in total. The van der Waals surface area contributed by atoms with Gasteiger partial charge in [0.1, 0.15) is 5.41 Å². The van der Waals surface area contributed by atoms with Crippen LogP contribution in [0.4, 0.5) is 0 Å². The lowest BCUT2D eigenvalue weighted by Crippen LogP contribution is -2.26. The van der Waals surface area contributed by atoms with Crippen molar-refractivity contribution in [3.63, 3.8) is 0 Å². The molecule has 1 heterocycles. The van der Waals surface area contributed by atoms with Crippen LogP contribution in [0.3, 0.4) is 0 Å². The first-order valence-corrected chi connectivity index (χ1v) is 5.73. The topological polar surface area (TPSA) is 72.8 Å². The van der Waals surface area contributed by atoms with Crippen LogP contribution >= 0.6 is 0 Å². The summed E-state index contributed by atoms with van der Waals surface area (Å²) >= 11 is 0. The molecule has 1 aromatic carbocycles. The molecule has 0 atom stereocenters. The molecule has 0 bridgehead atoms. The van der Waals surface area contributed by atoms with Crippen molar-refractivity contribution in [3.05, 3.63) is 23.3 Å². The fourth-order valence-corrected chi connectivity index (χ4v) is 2.21. The fourth-order valence-electron chi connectivity index (χ4n) is 2.21. The van der Waals surface area contributed by atoms with E-state index in [2.05, 4.69) is 0 Å². The number of aryl methyl sites for hydroxylation is 1. The average molecular weight is 248 g/mol. The summed E-state index contributed by atoms with van der Waals surface area (Å²) in [4.78, 5) is 23.5. The van der Waals surface area contributed by atoms with Crippen molar-refractivity contribution in [2.24, 2.45) is 5.41 Å². The Balaban J connectivity index is 2.03. The average Bonchev–Trinajstić information content (AvgIpc) is 3.02. The van der Waals surface area contributed by atoms with E-state index in [1.807, 2.05) is 0 Å². The molecular weight excluding hydrogens is 236 g/mol. The number of hydrogen-bond donors (Lipinski definition) is 1. The second-order valence-electron chi connectivity index (χ2n) is 4.74. The number of carboxylic acids is 1. The Labute approximate surface area is 103 Å². The predicted molar refractivity (Wildman–Crippen MR) is 60.9 cm³/mol. The lowest BCUT2D eigenvalue weighted by molar-refractivity contribution is -0.141. The highest BCUT2D eigenvalue weighted by Crippen LogP contribution is 2.49. The third-order valence-electron chi connectivity index (χ3n) is 3.56. The largest absolute Gasteiger partial charge is 0.480 e. The van der Waals surface area contributed by atoms with Gasteiger partial charge < -0.3 is 14.6 Å². The van der Waals surface area contributed by atoms with Crippen molar-refractivity contribution in [2.45, 2.75) is 19.8 Å². The quantitative estimate of drug-likeness (QED) is 0.652. The van der Waals surface area contributed by atoms with Crippen molar-refractivity contribution in [2.75, 3.05) is 6.79 Å². The molecule has 0 aromatic heterocycles. The second kappa shape index (κ2) is 3.48. The maximum atomic E-state index is 12.3. The summed E-state index contributed by atoms with van der Waals surface area (Å²) in [6.45, 7) is 1.91. The van der Waals surface area contributed by atoms with Crippen LogP contribution in [0.5, 0.6) is 11.5 Å². The van der Waals surface area contributed by atoms with Crippen molar-refractivity contribution in [1.82, 2.24) is 0 Å². The lowest BCUT2D eigenvalue weighted by atomic mass is 9.92. The van der Waals surface area contributed by atoms with Crippen molar-refractivity contribution < 1.29 is 24.2 Å². The molecule has 0 spiro atoms. The van der Waals surface area contributed by atoms with E-state index in [9.17, 15) is 9.59 Å². The first-order valence-electron chi connectivity index (χ1n) is 5.73. The van der Waals surface area contributed by atoms with Gasteiger partial charge in [-0.3, -0.25) is 9.59 Å². The molecule has 1 aliphatic carbocycles. The molecule has 94 valence electrons. The minimum Gasteiger partial charge on any atom is -0.480 e. The first kappa shape index (κ1) is 11.1. The van der Waals surface area contributed by atoms with E-state index >= 15 is 0 Å². The number of Topliss-reactive ketones (excluding diaryl/α,β-unsaturated/α-hetero) is 1. The van der Waals surface area contributed by atoms with Gasteiger partial charge in [-0.2, -0.15) is 0 Å². The van der Waals surface area contributed by atoms with Gasteiger partial charge in [-0.25, -0.2) is 0 Å². The van der Waals surface area contributed by atoms with Crippen LogP contribution in [0.15, 0.2) is 12.1 Å². The molecule has 0 unspecified atom stereocenters. The van der Waals surface area contributed by atoms with E-state index in [1.54, 1.807) is 19.1 Å². The highest BCUT2D eigenvalue weighted by atomic mass is 16.7.